The van der Waals surface area contributed by atoms with Crippen molar-refractivity contribution in [3.8, 4) is 11.5 Å². The average molecular weight is 264 g/mol. The topological polar surface area (TPSA) is 112 Å². The highest BCUT2D eigenvalue weighted by Crippen LogP contribution is 2.29. The van der Waals surface area contributed by atoms with Gasteiger partial charge < -0.3 is 20.5 Å². The Morgan fingerprint density at radius 3 is 2.68 bits per heavy atom. The highest BCUT2D eigenvalue weighted by molar-refractivity contribution is 6.06. The standard InChI is InChI=1S/C11H12N4O4/c1-17-6-3-4-8(18-2)7(5-6)13-11(16)9-10(12)15-19-14-9/h3-5H,1-2H3,(H2,12,15)(H,13,16). The van der Waals surface area contributed by atoms with Crippen molar-refractivity contribution in [1.82, 2.24) is 10.3 Å². The molecule has 0 aliphatic rings. The maximum Gasteiger partial charge on any atom is 0.281 e. The van der Waals surface area contributed by atoms with E-state index in [0.717, 1.165) is 0 Å². The van der Waals surface area contributed by atoms with Gasteiger partial charge in [-0.05, 0) is 22.4 Å². The summed E-state index contributed by atoms with van der Waals surface area (Å²) in [4.78, 5) is 11.9. The molecule has 0 saturated carbocycles. The third kappa shape index (κ3) is 2.57. The van der Waals surface area contributed by atoms with E-state index in [0.29, 0.717) is 17.2 Å². The van der Waals surface area contributed by atoms with Gasteiger partial charge in [-0.1, -0.05) is 0 Å². The first-order valence-corrected chi connectivity index (χ1v) is 5.27. The molecule has 8 nitrogen and oxygen atoms in total. The minimum absolute atomic E-state index is 0.0839. The molecule has 2 rings (SSSR count). The number of anilines is 2. The summed E-state index contributed by atoms with van der Waals surface area (Å²) in [6, 6.07) is 4.99. The lowest BCUT2D eigenvalue weighted by molar-refractivity contribution is 0.101. The largest absolute Gasteiger partial charge is 0.497 e. The Morgan fingerprint density at radius 2 is 2.11 bits per heavy atom. The van der Waals surface area contributed by atoms with Gasteiger partial charge in [0.05, 0.1) is 19.9 Å². The van der Waals surface area contributed by atoms with Crippen molar-refractivity contribution in [1.29, 1.82) is 0 Å². The molecule has 0 unspecified atom stereocenters. The summed E-state index contributed by atoms with van der Waals surface area (Å²) >= 11 is 0. The second-order valence-corrected chi connectivity index (χ2v) is 3.52. The molecule has 2 aromatic rings. The molecule has 0 bridgehead atoms. The van der Waals surface area contributed by atoms with Crippen LogP contribution in [0.15, 0.2) is 22.8 Å². The van der Waals surface area contributed by atoms with Crippen LogP contribution in [0.3, 0.4) is 0 Å². The maximum atomic E-state index is 11.9. The highest BCUT2D eigenvalue weighted by Gasteiger charge is 2.18. The van der Waals surface area contributed by atoms with E-state index in [-0.39, 0.29) is 11.5 Å². The molecular weight excluding hydrogens is 252 g/mol. The van der Waals surface area contributed by atoms with Crippen LogP contribution in [0.4, 0.5) is 11.5 Å². The van der Waals surface area contributed by atoms with Gasteiger partial charge in [0.2, 0.25) is 11.5 Å². The molecule has 0 spiro atoms. The van der Waals surface area contributed by atoms with E-state index < -0.39 is 5.91 Å². The molecule has 0 fully saturated rings. The highest BCUT2D eigenvalue weighted by atomic mass is 16.6. The van der Waals surface area contributed by atoms with Gasteiger partial charge in [0.1, 0.15) is 11.5 Å². The van der Waals surface area contributed by atoms with Crippen molar-refractivity contribution in [3.05, 3.63) is 23.9 Å². The number of nitrogens with one attached hydrogen (secondary N) is 1. The molecule has 100 valence electrons. The maximum absolute atomic E-state index is 11.9. The number of nitrogens with zero attached hydrogens (tertiary/aromatic N) is 2. The van der Waals surface area contributed by atoms with Gasteiger partial charge in [-0.3, -0.25) is 4.79 Å². The van der Waals surface area contributed by atoms with Crippen molar-refractivity contribution in [2.75, 3.05) is 25.3 Å². The molecular formula is C11H12N4O4. The number of nitrogens with two attached hydrogens (primary N) is 1. The van der Waals surface area contributed by atoms with E-state index in [1.54, 1.807) is 18.2 Å². The van der Waals surface area contributed by atoms with Gasteiger partial charge in [0.25, 0.3) is 5.91 Å². The zero-order chi connectivity index (χ0) is 13.8. The van der Waals surface area contributed by atoms with E-state index in [1.165, 1.54) is 14.2 Å². The Kier molecular flexibility index (Phi) is 3.51. The number of methoxy groups -OCH3 is 2. The Labute approximate surface area is 108 Å². The summed E-state index contributed by atoms with van der Waals surface area (Å²) in [7, 11) is 3.01. The molecule has 1 aromatic heterocycles. The third-order valence-corrected chi connectivity index (χ3v) is 2.38. The van der Waals surface area contributed by atoms with E-state index in [4.69, 9.17) is 15.2 Å². The predicted molar refractivity (Wildman–Crippen MR) is 66.2 cm³/mol. The summed E-state index contributed by atoms with van der Waals surface area (Å²) in [6.07, 6.45) is 0. The van der Waals surface area contributed by atoms with Gasteiger partial charge in [-0.2, -0.15) is 0 Å². The van der Waals surface area contributed by atoms with E-state index in [2.05, 4.69) is 20.3 Å². The van der Waals surface area contributed by atoms with Gasteiger partial charge >= 0.3 is 0 Å². The fraction of sp³-hybridized carbons (Fsp3) is 0.182. The minimum atomic E-state index is -0.551. The van der Waals surface area contributed by atoms with E-state index in [1.807, 2.05) is 0 Å². The number of nitrogen functional groups attached to an aromatic ring is 1. The summed E-state index contributed by atoms with van der Waals surface area (Å²) in [5.74, 6) is 0.413. The number of ether oxygens (including phenoxy) is 2. The third-order valence-electron chi connectivity index (χ3n) is 2.38. The van der Waals surface area contributed by atoms with Crippen molar-refractivity contribution < 1.29 is 18.9 Å². The lowest BCUT2D eigenvalue weighted by atomic mass is 10.2. The molecule has 3 N–H and O–H groups in total. The SMILES string of the molecule is COc1ccc(OC)c(NC(=O)c2nonc2N)c1. The number of rotatable bonds is 4. The van der Waals surface area contributed by atoms with E-state index >= 15 is 0 Å². The van der Waals surface area contributed by atoms with Crippen molar-refractivity contribution in [3.63, 3.8) is 0 Å². The fourth-order valence-electron chi connectivity index (χ4n) is 1.45. The first-order valence-electron chi connectivity index (χ1n) is 5.27. The number of carbonyl (C=O) groups is 1. The summed E-state index contributed by atoms with van der Waals surface area (Å²) < 4.78 is 14.6. The van der Waals surface area contributed by atoms with Gasteiger partial charge in [0.15, 0.2) is 0 Å². The molecule has 0 radical (unpaired) electrons. The van der Waals surface area contributed by atoms with E-state index in [9.17, 15) is 4.79 Å². The Morgan fingerprint density at radius 1 is 1.32 bits per heavy atom. The fourth-order valence-corrected chi connectivity index (χ4v) is 1.45. The summed E-state index contributed by atoms with van der Waals surface area (Å²) in [5.41, 5.74) is 5.77. The first kappa shape index (κ1) is 12.7. The van der Waals surface area contributed by atoms with Crippen LogP contribution in [0.5, 0.6) is 11.5 Å². The number of hydrogen-bond donors (Lipinski definition) is 2. The quantitative estimate of drug-likeness (QED) is 0.844. The molecule has 8 heteroatoms. The number of carbonyl (C=O) groups excluding carboxylic acids is 1. The summed E-state index contributed by atoms with van der Waals surface area (Å²) in [6.45, 7) is 0. The normalized spacial score (nSPS) is 10.0. The number of benzene rings is 1. The summed E-state index contributed by atoms with van der Waals surface area (Å²) in [5, 5.41) is 9.34. The lowest BCUT2D eigenvalue weighted by Gasteiger charge is -2.10. The molecule has 1 amide bonds. The molecule has 19 heavy (non-hydrogen) atoms. The van der Waals surface area contributed by atoms with Crippen LogP contribution in [0.2, 0.25) is 0 Å². The lowest BCUT2D eigenvalue weighted by Crippen LogP contribution is -2.15. The van der Waals surface area contributed by atoms with Crippen molar-refractivity contribution >= 4 is 17.4 Å². The smallest absolute Gasteiger partial charge is 0.281 e. The van der Waals surface area contributed by atoms with Crippen LogP contribution in [0.1, 0.15) is 10.5 Å². The van der Waals surface area contributed by atoms with Gasteiger partial charge in [0, 0.05) is 6.07 Å². The van der Waals surface area contributed by atoms with Gasteiger partial charge in [-0.25, -0.2) is 4.63 Å². The molecule has 0 saturated heterocycles. The van der Waals surface area contributed by atoms with Crippen molar-refractivity contribution in [2.24, 2.45) is 0 Å². The van der Waals surface area contributed by atoms with Crippen LogP contribution < -0.4 is 20.5 Å². The van der Waals surface area contributed by atoms with Crippen molar-refractivity contribution in [2.45, 2.75) is 0 Å². The second-order valence-electron chi connectivity index (χ2n) is 3.52. The number of amides is 1. The number of aromatic nitrogens is 2. The monoisotopic (exact) mass is 264 g/mol. The van der Waals surface area contributed by atoms with Crippen LogP contribution in [-0.4, -0.2) is 30.4 Å². The Balaban J connectivity index is 2.27. The average Bonchev–Trinajstić information content (AvgIpc) is 2.85. The Hall–Kier alpha value is -2.77. The van der Waals surface area contributed by atoms with Crippen LogP contribution in [0.25, 0.3) is 0 Å². The first-order chi connectivity index (χ1) is 9.15. The minimum Gasteiger partial charge on any atom is -0.497 e. The Bertz CT molecular complexity index is 596. The zero-order valence-corrected chi connectivity index (χ0v) is 10.3. The van der Waals surface area contributed by atoms with Crippen LogP contribution in [-0.2, 0) is 0 Å². The predicted octanol–water partition coefficient (Wildman–Crippen LogP) is 0.921. The molecule has 0 aliphatic heterocycles. The second kappa shape index (κ2) is 5.25. The zero-order valence-electron chi connectivity index (χ0n) is 10.3. The molecule has 0 atom stereocenters. The number of hydrogen-bond acceptors (Lipinski definition) is 7. The molecule has 1 heterocycles. The van der Waals surface area contributed by atoms with Crippen LogP contribution in [0, 0.1) is 0 Å². The molecule has 0 aliphatic carbocycles. The molecule has 1 aromatic carbocycles. The van der Waals surface area contributed by atoms with Gasteiger partial charge in [-0.15, -0.1) is 0 Å². The van der Waals surface area contributed by atoms with Crippen LogP contribution >= 0.6 is 0 Å².